The number of halogens is 1. The van der Waals surface area contributed by atoms with Gasteiger partial charge in [0.05, 0.1) is 17.8 Å². The van der Waals surface area contributed by atoms with Crippen molar-refractivity contribution in [3.8, 4) is 5.69 Å². The predicted molar refractivity (Wildman–Crippen MR) is 124 cm³/mol. The third kappa shape index (κ3) is 4.20. The summed E-state index contributed by atoms with van der Waals surface area (Å²) in [5.41, 5.74) is 5.28. The molecular formula is C24H27FN4OS. The molecule has 162 valence electrons. The standard InChI is InChI=1S/C24H27FN4OS/c1-16-15-20(17(2)29(16)19-10-8-18(25)9-11-19)23-22(21-7-4-5-12-26-21)27-24(31)28(23)13-6-14-30-3/h4-5,7-12,15,22-23H,6,13-14H2,1-3H3,(H,27,31)/t22-,23-/m0/s1. The number of rotatable bonds is 7. The van der Waals surface area contributed by atoms with Crippen molar-refractivity contribution in [3.63, 3.8) is 0 Å². The maximum absolute atomic E-state index is 13.5. The van der Waals surface area contributed by atoms with Crippen LogP contribution in [0.1, 0.15) is 41.1 Å². The Kier molecular flexibility index (Phi) is 6.34. The van der Waals surface area contributed by atoms with Crippen molar-refractivity contribution >= 4 is 17.3 Å². The summed E-state index contributed by atoms with van der Waals surface area (Å²) in [6.45, 7) is 5.64. The van der Waals surface area contributed by atoms with Crippen LogP contribution in [0.5, 0.6) is 0 Å². The zero-order chi connectivity index (χ0) is 22.0. The highest BCUT2D eigenvalue weighted by Gasteiger charge is 2.41. The largest absolute Gasteiger partial charge is 0.385 e. The summed E-state index contributed by atoms with van der Waals surface area (Å²) in [5, 5.41) is 4.22. The second-order valence-electron chi connectivity index (χ2n) is 7.80. The Morgan fingerprint density at radius 1 is 1.16 bits per heavy atom. The lowest BCUT2D eigenvalue weighted by Gasteiger charge is -2.28. The van der Waals surface area contributed by atoms with E-state index in [0.717, 1.165) is 40.8 Å². The van der Waals surface area contributed by atoms with Crippen LogP contribution in [0.15, 0.2) is 54.7 Å². The van der Waals surface area contributed by atoms with Gasteiger partial charge in [-0.05, 0) is 80.5 Å². The summed E-state index contributed by atoms with van der Waals surface area (Å²) in [7, 11) is 1.71. The lowest BCUT2D eigenvalue weighted by Crippen LogP contribution is -2.31. The lowest BCUT2D eigenvalue weighted by molar-refractivity contribution is 0.180. The van der Waals surface area contributed by atoms with Crippen LogP contribution in [0.4, 0.5) is 4.39 Å². The number of aryl methyl sites for hydroxylation is 1. The van der Waals surface area contributed by atoms with Crippen molar-refractivity contribution in [2.45, 2.75) is 32.4 Å². The fraction of sp³-hybridized carbons (Fsp3) is 0.333. The first kappa shape index (κ1) is 21.5. The molecule has 1 aromatic carbocycles. The van der Waals surface area contributed by atoms with Crippen LogP contribution in [-0.2, 0) is 4.74 Å². The number of benzene rings is 1. The predicted octanol–water partition coefficient (Wildman–Crippen LogP) is 4.64. The fourth-order valence-electron chi connectivity index (χ4n) is 4.44. The van der Waals surface area contributed by atoms with E-state index in [1.54, 1.807) is 7.11 Å². The molecule has 5 nitrogen and oxygen atoms in total. The molecule has 1 aliphatic rings. The normalized spacial score (nSPS) is 18.5. The van der Waals surface area contributed by atoms with E-state index in [0.29, 0.717) is 6.61 Å². The van der Waals surface area contributed by atoms with Crippen LogP contribution in [0.3, 0.4) is 0 Å². The van der Waals surface area contributed by atoms with Crippen LogP contribution < -0.4 is 5.32 Å². The zero-order valence-corrected chi connectivity index (χ0v) is 18.8. The van der Waals surface area contributed by atoms with Gasteiger partial charge in [0.15, 0.2) is 5.11 Å². The van der Waals surface area contributed by atoms with Gasteiger partial charge in [-0.15, -0.1) is 0 Å². The number of pyridine rings is 1. The van der Waals surface area contributed by atoms with E-state index in [2.05, 4.69) is 39.7 Å². The number of methoxy groups -OCH3 is 1. The zero-order valence-electron chi connectivity index (χ0n) is 18.0. The minimum atomic E-state index is -0.240. The summed E-state index contributed by atoms with van der Waals surface area (Å²) in [5.74, 6) is -0.240. The van der Waals surface area contributed by atoms with E-state index in [-0.39, 0.29) is 17.9 Å². The van der Waals surface area contributed by atoms with E-state index in [1.165, 1.54) is 17.7 Å². The van der Waals surface area contributed by atoms with Crippen LogP contribution in [-0.4, -0.2) is 39.8 Å². The monoisotopic (exact) mass is 438 g/mol. The molecular weight excluding hydrogens is 411 g/mol. The average molecular weight is 439 g/mol. The van der Waals surface area contributed by atoms with Gasteiger partial charge in [0.1, 0.15) is 5.82 Å². The number of nitrogens with zero attached hydrogens (tertiary/aromatic N) is 3. The van der Waals surface area contributed by atoms with E-state index < -0.39 is 0 Å². The van der Waals surface area contributed by atoms with Crippen molar-refractivity contribution in [3.05, 3.63) is 83.2 Å². The van der Waals surface area contributed by atoms with Crippen molar-refractivity contribution in [2.24, 2.45) is 0 Å². The molecule has 0 radical (unpaired) electrons. The maximum Gasteiger partial charge on any atom is 0.170 e. The first-order valence-corrected chi connectivity index (χ1v) is 10.8. The molecule has 0 bridgehead atoms. The molecule has 7 heteroatoms. The summed E-state index contributed by atoms with van der Waals surface area (Å²) in [4.78, 5) is 6.85. The van der Waals surface area contributed by atoms with Gasteiger partial charge in [0, 0.05) is 43.5 Å². The van der Waals surface area contributed by atoms with Crippen molar-refractivity contribution in [2.75, 3.05) is 20.3 Å². The van der Waals surface area contributed by atoms with Crippen LogP contribution >= 0.6 is 12.2 Å². The molecule has 1 N–H and O–H groups in total. The molecule has 3 heterocycles. The first-order valence-electron chi connectivity index (χ1n) is 10.4. The molecule has 1 saturated heterocycles. The van der Waals surface area contributed by atoms with Gasteiger partial charge >= 0.3 is 0 Å². The average Bonchev–Trinajstić information content (AvgIpc) is 3.25. The summed E-state index contributed by atoms with van der Waals surface area (Å²) in [6.07, 6.45) is 2.69. The minimum absolute atomic E-state index is 0.000320. The van der Waals surface area contributed by atoms with Gasteiger partial charge in [-0.3, -0.25) is 4.98 Å². The van der Waals surface area contributed by atoms with E-state index in [1.807, 2.05) is 36.5 Å². The molecule has 0 saturated carbocycles. The Labute approximate surface area is 187 Å². The van der Waals surface area contributed by atoms with Gasteiger partial charge in [-0.25, -0.2) is 4.39 Å². The minimum Gasteiger partial charge on any atom is -0.385 e. The molecule has 1 fully saturated rings. The first-order chi connectivity index (χ1) is 15.0. The van der Waals surface area contributed by atoms with Gasteiger partial charge in [-0.2, -0.15) is 0 Å². The topological polar surface area (TPSA) is 42.3 Å². The smallest absolute Gasteiger partial charge is 0.170 e. The Balaban J connectivity index is 1.78. The summed E-state index contributed by atoms with van der Waals surface area (Å²) in [6, 6.07) is 14.7. The number of hydrogen-bond acceptors (Lipinski definition) is 3. The SMILES string of the molecule is COCCCN1C(=S)N[C@@H](c2ccccn2)[C@@H]1c1cc(C)n(-c2ccc(F)cc2)c1C. The van der Waals surface area contributed by atoms with Crippen LogP contribution in [0.2, 0.25) is 0 Å². The quantitative estimate of drug-likeness (QED) is 0.430. The number of nitrogens with one attached hydrogen (secondary N) is 1. The molecule has 0 unspecified atom stereocenters. The Bertz CT molecular complexity index is 1050. The van der Waals surface area contributed by atoms with Crippen LogP contribution in [0.25, 0.3) is 5.69 Å². The molecule has 3 aromatic rings. The Morgan fingerprint density at radius 3 is 2.61 bits per heavy atom. The van der Waals surface area contributed by atoms with Gasteiger partial charge in [-0.1, -0.05) is 6.07 Å². The molecule has 1 aliphatic heterocycles. The number of thiocarbonyl (C=S) groups is 1. The molecule has 2 aromatic heterocycles. The summed E-state index contributed by atoms with van der Waals surface area (Å²) >= 11 is 5.73. The number of ether oxygens (including phenoxy) is 1. The second-order valence-corrected chi connectivity index (χ2v) is 8.19. The molecule has 2 atom stereocenters. The molecule has 0 spiro atoms. The van der Waals surface area contributed by atoms with Gasteiger partial charge in [0.2, 0.25) is 0 Å². The number of aromatic nitrogens is 2. The second kappa shape index (κ2) is 9.16. The van der Waals surface area contributed by atoms with Crippen LogP contribution in [0, 0.1) is 19.7 Å². The van der Waals surface area contributed by atoms with E-state index >= 15 is 0 Å². The van der Waals surface area contributed by atoms with Crippen molar-refractivity contribution in [1.29, 1.82) is 0 Å². The number of hydrogen-bond donors (Lipinski definition) is 1. The van der Waals surface area contributed by atoms with Gasteiger partial charge in [0.25, 0.3) is 0 Å². The van der Waals surface area contributed by atoms with E-state index in [9.17, 15) is 4.39 Å². The summed E-state index contributed by atoms with van der Waals surface area (Å²) < 4.78 is 20.9. The molecule has 4 rings (SSSR count). The molecule has 0 amide bonds. The third-order valence-electron chi connectivity index (χ3n) is 5.82. The Morgan fingerprint density at radius 2 is 1.94 bits per heavy atom. The maximum atomic E-state index is 13.5. The lowest BCUT2D eigenvalue weighted by atomic mass is 9.96. The fourth-order valence-corrected chi connectivity index (χ4v) is 4.77. The van der Waals surface area contributed by atoms with Gasteiger partial charge < -0.3 is 19.5 Å². The van der Waals surface area contributed by atoms with Crippen molar-refractivity contribution < 1.29 is 9.13 Å². The molecule has 31 heavy (non-hydrogen) atoms. The van der Waals surface area contributed by atoms with E-state index in [4.69, 9.17) is 17.0 Å². The highest BCUT2D eigenvalue weighted by molar-refractivity contribution is 7.80. The molecule has 0 aliphatic carbocycles. The Hall–Kier alpha value is -2.77. The highest BCUT2D eigenvalue weighted by Crippen LogP contribution is 2.41. The highest BCUT2D eigenvalue weighted by atomic mass is 32.1. The third-order valence-corrected chi connectivity index (χ3v) is 6.17. The van der Waals surface area contributed by atoms with Crippen molar-refractivity contribution in [1.82, 2.24) is 19.8 Å².